The molecule has 4 aliphatic rings. The van der Waals surface area contributed by atoms with Crippen LogP contribution in [0, 0.1) is 0 Å². The second-order valence-corrected chi connectivity index (χ2v) is 15.4. The van der Waals surface area contributed by atoms with Crippen molar-refractivity contribution < 1.29 is 42.9 Å². The van der Waals surface area contributed by atoms with Crippen LogP contribution >= 0.6 is 0 Å². The third-order valence-corrected chi connectivity index (χ3v) is 11.9. The van der Waals surface area contributed by atoms with Crippen LogP contribution in [0.3, 0.4) is 0 Å². The van der Waals surface area contributed by atoms with E-state index in [9.17, 15) is 28.8 Å². The van der Waals surface area contributed by atoms with Gasteiger partial charge in [0.25, 0.3) is 17.4 Å². The number of amides is 5. The number of rotatable bonds is 11. The smallest absolute Gasteiger partial charge is 0.266 e. The number of nitrogens with zero attached hydrogens (tertiary/aromatic N) is 5. The number of aromatic nitrogens is 2. The second-order valence-electron chi connectivity index (χ2n) is 15.4. The van der Waals surface area contributed by atoms with Gasteiger partial charge < -0.3 is 28.4 Å². The quantitative estimate of drug-likeness (QED) is 0.173. The number of hydrogen-bond donors (Lipinski definition) is 1. The third-order valence-electron chi connectivity index (χ3n) is 11.9. The molecule has 0 radical (unpaired) electrons. The van der Waals surface area contributed by atoms with E-state index in [0.717, 1.165) is 52.9 Å². The highest BCUT2D eigenvalue weighted by Crippen LogP contribution is 2.40. The number of methoxy groups -OCH3 is 2. The second kappa shape index (κ2) is 16.3. The summed E-state index contributed by atoms with van der Waals surface area (Å²) in [5, 5.41) is 3.52. The number of benzene rings is 2. The van der Waals surface area contributed by atoms with Crippen LogP contribution in [-0.2, 0) is 32.7 Å². The number of likely N-dealkylation sites (tertiary alicyclic amines) is 1. The molecule has 1 atom stereocenters. The van der Waals surface area contributed by atoms with Crippen molar-refractivity contribution in [2.45, 2.75) is 56.7 Å². The minimum Gasteiger partial charge on any atom is -0.496 e. The first-order chi connectivity index (χ1) is 28.5. The highest BCUT2D eigenvalue weighted by Gasteiger charge is 2.46. The van der Waals surface area contributed by atoms with Gasteiger partial charge >= 0.3 is 0 Å². The third kappa shape index (κ3) is 7.53. The summed E-state index contributed by atoms with van der Waals surface area (Å²) in [6.07, 6.45) is 7.27. The molecule has 0 aliphatic carbocycles. The van der Waals surface area contributed by atoms with E-state index < -0.39 is 35.3 Å². The number of hydrogen-bond acceptors (Lipinski definition) is 12. The van der Waals surface area contributed by atoms with Crippen LogP contribution in [0.4, 0.5) is 0 Å². The molecule has 3 saturated heterocycles. The van der Waals surface area contributed by atoms with Crippen molar-refractivity contribution >= 4 is 40.3 Å². The van der Waals surface area contributed by atoms with Gasteiger partial charge in [-0.15, -0.1) is 0 Å². The number of morpholine rings is 1. The lowest BCUT2D eigenvalue weighted by Crippen LogP contribution is -2.57. The Balaban J connectivity index is 0.861. The van der Waals surface area contributed by atoms with Crippen LogP contribution in [0.5, 0.6) is 17.2 Å². The van der Waals surface area contributed by atoms with E-state index in [2.05, 4.69) is 15.2 Å². The Hall–Kier alpha value is -6.13. The number of carbonyl (C=O) groups is 5. The van der Waals surface area contributed by atoms with E-state index in [4.69, 9.17) is 18.9 Å². The monoisotopic (exact) mass is 806 g/mol. The summed E-state index contributed by atoms with van der Waals surface area (Å²) in [6.45, 7) is 3.63. The topological polar surface area (TPSA) is 179 Å². The van der Waals surface area contributed by atoms with Crippen LogP contribution in [-0.4, -0.2) is 119 Å². The van der Waals surface area contributed by atoms with Crippen LogP contribution in [0.2, 0.25) is 0 Å². The molecule has 16 nitrogen and oxygen atoms in total. The average molecular weight is 807 g/mol. The molecule has 2 aromatic carbocycles. The van der Waals surface area contributed by atoms with Crippen molar-refractivity contribution in [1.29, 1.82) is 0 Å². The lowest BCUT2D eigenvalue weighted by atomic mass is 9.88. The van der Waals surface area contributed by atoms with Gasteiger partial charge in [0.1, 0.15) is 23.3 Å². The molecule has 2 aromatic heterocycles. The Morgan fingerprint density at radius 2 is 1.71 bits per heavy atom. The Bertz CT molecular complexity index is 2400. The minimum atomic E-state index is -1.07. The normalized spacial score (nSPS) is 19.3. The summed E-state index contributed by atoms with van der Waals surface area (Å²) in [7, 11) is 5.00. The zero-order chi connectivity index (χ0) is 41.4. The summed E-state index contributed by atoms with van der Waals surface area (Å²) in [4.78, 5) is 86.2. The van der Waals surface area contributed by atoms with Gasteiger partial charge in [-0.05, 0) is 67.0 Å². The van der Waals surface area contributed by atoms with E-state index in [-0.39, 0.29) is 54.2 Å². The fourth-order valence-corrected chi connectivity index (χ4v) is 8.71. The van der Waals surface area contributed by atoms with Gasteiger partial charge in [0, 0.05) is 76.8 Å². The summed E-state index contributed by atoms with van der Waals surface area (Å²) < 4.78 is 25.7. The van der Waals surface area contributed by atoms with Crippen molar-refractivity contribution in [1.82, 2.24) is 29.6 Å². The fourth-order valence-electron chi connectivity index (χ4n) is 8.71. The molecule has 1 unspecified atom stereocenters. The van der Waals surface area contributed by atoms with E-state index >= 15 is 0 Å². The largest absolute Gasteiger partial charge is 0.496 e. The van der Waals surface area contributed by atoms with Gasteiger partial charge in [-0.3, -0.25) is 48.9 Å². The van der Waals surface area contributed by atoms with Crippen LogP contribution < -0.4 is 25.1 Å². The molecule has 6 heterocycles. The predicted molar refractivity (Wildman–Crippen MR) is 213 cm³/mol. The van der Waals surface area contributed by atoms with E-state index in [1.54, 1.807) is 50.4 Å². The molecule has 0 bridgehead atoms. The molecule has 1 spiro atoms. The minimum absolute atomic E-state index is 0.00984. The van der Waals surface area contributed by atoms with Crippen LogP contribution in [0.25, 0.3) is 21.9 Å². The fraction of sp³-hybridized carbons (Fsp3) is 0.419. The van der Waals surface area contributed by atoms with Gasteiger partial charge in [-0.2, -0.15) is 0 Å². The zero-order valence-corrected chi connectivity index (χ0v) is 33.3. The van der Waals surface area contributed by atoms with E-state index in [1.165, 1.54) is 6.07 Å². The van der Waals surface area contributed by atoms with Crippen molar-refractivity contribution in [3.05, 3.63) is 82.0 Å². The summed E-state index contributed by atoms with van der Waals surface area (Å²) in [5.41, 5.74) is 2.27. The Morgan fingerprint density at radius 3 is 2.44 bits per heavy atom. The maximum Gasteiger partial charge on any atom is 0.266 e. The Labute approximate surface area is 339 Å². The molecule has 1 N–H and O–H groups in total. The first kappa shape index (κ1) is 39.7. The standard InChI is InChI=1S/C43H46N6O10/c1-46-23-30(27-11-14-44-22-29(27)40(46)53)26-20-34(56-2)31(35(21-26)57-3)24-47-15-12-43(13-16-47)25-48(17-19-59-43)37(51)8-5-18-58-33-7-4-6-28-38(33)42(55)49(41(28)54)32-9-10-36(50)45-39(32)52/h4,6-7,11,14,20-23,32H,5,8-10,12-13,15-19,24-25H2,1-3H3,(H,45,50,52). The number of nitrogens with one attached hydrogen (secondary N) is 1. The molecule has 4 aliphatic heterocycles. The van der Waals surface area contributed by atoms with Gasteiger partial charge in [0.2, 0.25) is 17.7 Å². The summed E-state index contributed by atoms with van der Waals surface area (Å²) >= 11 is 0. The highest BCUT2D eigenvalue weighted by molar-refractivity contribution is 6.24. The molecule has 3 fully saturated rings. The summed E-state index contributed by atoms with van der Waals surface area (Å²) in [6, 6.07) is 9.44. The van der Waals surface area contributed by atoms with Gasteiger partial charge in [0.15, 0.2) is 0 Å². The van der Waals surface area contributed by atoms with Gasteiger partial charge in [-0.25, -0.2) is 0 Å². The van der Waals surface area contributed by atoms with Crippen LogP contribution in [0.15, 0.2) is 59.8 Å². The molecular formula is C43H46N6O10. The van der Waals surface area contributed by atoms with Crippen molar-refractivity contribution in [3.63, 3.8) is 0 Å². The van der Waals surface area contributed by atoms with Crippen molar-refractivity contribution in [2.24, 2.45) is 7.05 Å². The predicted octanol–water partition coefficient (Wildman–Crippen LogP) is 3.07. The van der Waals surface area contributed by atoms with Crippen molar-refractivity contribution in [3.8, 4) is 28.4 Å². The number of ether oxygens (including phenoxy) is 4. The van der Waals surface area contributed by atoms with Gasteiger partial charge in [-0.1, -0.05) is 6.07 Å². The Kier molecular flexibility index (Phi) is 10.9. The average Bonchev–Trinajstić information content (AvgIpc) is 3.50. The number of pyridine rings is 2. The number of carbonyl (C=O) groups excluding carboxylic acids is 5. The Morgan fingerprint density at radius 1 is 0.949 bits per heavy atom. The maximum absolute atomic E-state index is 13.5. The summed E-state index contributed by atoms with van der Waals surface area (Å²) in [5.74, 6) is -0.809. The molecule has 16 heteroatoms. The molecular weight excluding hydrogens is 761 g/mol. The number of aryl methyl sites for hydroxylation is 1. The van der Waals surface area contributed by atoms with Crippen molar-refractivity contribution in [2.75, 3.05) is 53.6 Å². The first-order valence-electron chi connectivity index (χ1n) is 19.8. The molecule has 5 amide bonds. The molecule has 0 saturated carbocycles. The molecule has 8 rings (SSSR count). The van der Waals surface area contributed by atoms with Crippen LogP contribution in [0.1, 0.15) is 64.8 Å². The molecule has 308 valence electrons. The zero-order valence-electron chi connectivity index (χ0n) is 33.3. The molecule has 59 heavy (non-hydrogen) atoms. The lowest BCUT2D eigenvalue weighted by Gasteiger charge is -2.47. The van der Waals surface area contributed by atoms with Gasteiger partial charge in [0.05, 0.1) is 55.1 Å². The SMILES string of the molecule is COc1cc(-c2cn(C)c(=O)c3cnccc23)cc(OC)c1CN1CCC2(CC1)CN(C(=O)CCCOc1cccc3c1C(=O)N(C1CCC(=O)NC1=O)C3=O)CCO2. The molecule has 4 aromatic rings. The number of fused-ring (bicyclic) bond motifs is 2. The first-order valence-corrected chi connectivity index (χ1v) is 19.8. The lowest BCUT2D eigenvalue weighted by molar-refractivity contribution is -0.159. The number of imide groups is 2. The maximum atomic E-state index is 13.5. The highest BCUT2D eigenvalue weighted by atomic mass is 16.5. The van der Waals surface area contributed by atoms with E-state index in [1.807, 2.05) is 29.3 Å². The number of piperidine rings is 2. The van der Waals surface area contributed by atoms with E-state index in [0.29, 0.717) is 49.5 Å².